The van der Waals surface area contributed by atoms with Crippen molar-refractivity contribution >= 4 is 29.1 Å². The molecule has 1 aromatic heterocycles. The van der Waals surface area contributed by atoms with Crippen molar-refractivity contribution in [2.45, 2.75) is 58.1 Å². The summed E-state index contributed by atoms with van der Waals surface area (Å²) >= 11 is 13.4. The first-order chi connectivity index (χ1) is 16.4. The molecule has 178 valence electrons. The van der Waals surface area contributed by atoms with Crippen molar-refractivity contribution in [1.29, 1.82) is 0 Å². The molecule has 1 saturated heterocycles. The van der Waals surface area contributed by atoms with Gasteiger partial charge in [-0.25, -0.2) is 0 Å². The topological polar surface area (TPSA) is 58.2 Å². The van der Waals surface area contributed by atoms with E-state index in [1.807, 2.05) is 61.3 Å². The Morgan fingerprint density at radius 3 is 2.56 bits per heavy atom. The number of aromatic nitrogens is 2. The number of rotatable bonds is 6. The molecule has 2 heterocycles. The lowest BCUT2D eigenvalue weighted by Crippen LogP contribution is -2.34. The summed E-state index contributed by atoms with van der Waals surface area (Å²) in [6, 6.07) is 11.9. The van der Waals surface area contributed by atoms with E-state index in [0.717, 1.165) is 60.4 Å². The predicted octanol–water partition coefficient (Wildman–Crippen LogP) is 6.64. The number of nitrogens with zero attached hydrogens (tertiary/aromatic N) is 2. The van der Waals surface area contributed by atoms with Crippen LogP contribution in [0.3, 0.4) is 0 Å². The number of ether oxygens (including phenoxy) is 1. The Hall–Kier alpha value is -2.50. The van der Waals surface area contributed by atoms with Gasteiger partial charge >= 0.3 is 0 Å². The zero-order valence-electron chi connectivity index (χ0n) is 19.5. The Morgan fingerprint density at radius 1 is 1.12 bits per heavy atom. The first-order valence-electron chi connectivity index (χ1n) is 12.0. The summed E-state index contributed by atoms with van der Waals surface area (Å²) in [6.07, 6.45) is 6.44. The Balaban J connectivity index is 1.31. The molecular formula is C27H29Cl2N3O2. The van der Waals surface area contributed by atoms with Gasteiger partial charge in [0.1, 0.15) is 5.75 Å². The minimum absolute atomic E-state index is 0.106. The van der Waals surface area contributed by atoms with Gasteiger partial charge in [-0.2, -0.15) is 5.10 Å². The molecule has 3 aromatic rings. The summed E-state index contributed by atoms with van der Waals surface area (Å²) in [6.45, 7) is 4.77. The average Bonchev–Trinajstić information content (AvgIpc) is 3.43. The number of amides is 1. The molecule has 1 aliphatic heterocycles. The molecule has 34 heavy (non-hydrogen) atoms. The molecule has 7 heteroatoms. The largest absolute Gasteiger partial charge is 0.491 e. The van der Waals surface area contributed by atoms with Gasteiger partial charge in [0.25, 0.3) is 0 Å². The molecule has 2 aromatic carbocycles. The first kappa shape index (κ1) is 23.3. The van der Waals surface area contributed by atoms with Crippen LogP contribution in [0, 0.1) is 5.92 Å². The third-order valence-electron chi connectivity index (χ3n) is 6.89. The quantitative estimate of drug-likeness (QED) is 0.415. The molecular weight excluding hydrogens is 469 g/mol. The molecule has 0 radical (unpaired) electrons. The Morgan fingerprint density at radius 2 is 1.85 bits per heavy atom. The number of fused-ring (bicyclic) bond motifs is 1. The van der Waals surface area contributed by atoms with Crippen molar-refractivity contribution in [2.75, 3.05) is 6.54 Å². The highest BCUT2D eigenvalue weighted by Crippen LogP contribution is 2.40. The number of aryl methyl sites for hydroxylation is 1. The lowest BCUT2D eigenvalue weighted by molar-refractivity contribution is -0.133. The molecule has 1 fully saturated rings. The van der Waals surface area contributed by atoms with Gasteiger partial charge in [0.2, 0.25) is 5.91 Å². The van der Waals surface area contributed by atoms with Gasteiger partial charge < -0.3 is 9.64 Å². The summed E-state index contributed by atoms with van der Waals surface area (Å²) in [5.74, 6) is 0.916. The first-order valence-corrected chi connectivity index (χ1v) is 12.7. The van der Waals surface area contributed by atoms with Crippen LogP contribution >= 0.6 is 23.2 Å². The van der Waals surface area contributed by atoms with E-state index in [0.29, 0.717) is 16.5 Å². The second kappa shape index (κ2) is 9.63. The molecule has 2 atom stereocenters. The fraction of sp³-hybridized carbons (Fsp3) is 0.407. The van der Waals surface area contributed by atoms with Crippen LogP contribution in [-0.2, 0) is 17.6 Å². The molecule has 1 amide bonds. The van der Waals surface area contributed by atoms with Crippen LogP contribution in [0.15, 0.2) is 42.6 Å². The molecule has 0 saturated carbocycles. The summed E-state index contributed by atoms with van der Waals surface area (Å²) < 4.78 is 5.73. The fourth-order valence-electron chi connectivity index (χ4n) is 5.23. The Labute approximate surface area is 210 Å². The third-order valence-corrected chi connectivity index (χ3v) is 7.57. The van der Waals surface area contributed by atoms with Gasteiger partial charge in [-0.05, 0) is 86.9 Å². The summed E-state index contributed by atoms with van der Waals surface area (Å²) in [5.41, 5.74) is 5.15. The predicted molar refractivity (Wildman–Crippen MR) is 135 cm³/mol. The van der Waals surface area contributed by atoms with E-state index >= 15 is 0 Å². The highest BCUT2D eigenvalue weighted by molar-refractivity contribution is 6.36. The number of benzene rings is 2. The monoisotopic (exact) mass is 497 g/mol. The van der Waals surface area contributed by atoms with Crippen LogP contribution in [0.25, 0.3) is 11.1 Å². The molecule has 0 bridgehead atoms. The number of H-pyrrole nitrogens is 1. The molecule has 0 spiro atoms. The van der Waals surface area contributed by atoms with Crippen LogP contribution in [0.2, 0.25) is 10.0 Å². The number of nitrogens with one attached hydrogen (secondary N) is 1. The average molecular weight is 498 g/mol. The standard InChI is InChI=1S/C27H29Cl2N3O2/c1-16(2)34-20-8-6-17(7-9-20)19-13-23(28)21(24(29)14-19)12-18-10-11-32(27(18)33)26-5-3-4-25-22(26)15-30-31-25/h6-9,13-16,18,26H,3-5,10-12H2,1-2H3,(H,30,31)/t18-,26+/m0/s1. The van der Waals surface area contributed by atoms with Crippen LogP contribution in [0.5, 0.6) is 5.75 Å². The fourth-order valence-corrected chi connectivity index (χ4v) is 5.87. The maximum absolute atomic E-state index is 13.4. The molecule has 5 nitrogen and oxygen atoms in total. The second-order valence-corrected chi connectivity index (χ2v) is 10.4. The Bertz CT molecular complexity index is 1170. The van der Waals surface area contributed by atoms with Crippen molar-refractivity contribution in [3.8, 4) is 16.9 Å². The van der Waals surface area contributed by atoms with Gasteiger partial charge in [0.15, 0.2) is 0 Å². The van der Waals surface area contributed by atoms with Crippen LogP contribution in [-0.4, -0.2) is 33.7 Å². The van der Waals surface area contributed by atoms with E-state index in [1.165, 1.54) is 5.56 Å². The normalized spacial score (nSPS) is 20.1. The maximum Gasteiger partial charge on any atom is 0.226 e. The molecule has 1 N–H and O–H groups in total. The van der Waals surface area contributed by atoms with Crippen molar-refractivity contribution in [2.24, 2.45) is 5.92 Å². The van der Waals surface area contributed by atoms with Gasteiger partial charge in [-0.15, -0.1) is 0 Å². The van der Waals surface area contributed by atoms with E-state index in [4.69, 9.17) is 27.9 Å². The van der Waals surface area contributed by atoms with Gasteiger partial charge in [-0.1, -0.05) is 35.3 Å². The highest BCUT2D eigenvalue weighted by Gasteiger charge is 2.39. The number of aromatic amines is 1. The number of hydrogen-bond donors (Lipinski definition) is 1. The summed E-state index contributed by atoms with van der Waals surface area (Å²) in [5, 5.41) is 8.50. The van der Waals surface area contributed by atoms with Crippen molar-refractivity contribution in [3.63, 3.8) is 0 Å². The van der Waals surface area contributed by atoms with Crippen LogP contribution < -0.4 is 4.74 Å². The van der Waals surface area contributed by atoms with Gasteiger partial charge in [0.05, 0.1) is 18.3 Å². The van der Waals surface area contributed by atoms with Crippen molar-refractivity contribution < 1.29 is 9.53 Å². The van der Waals surface area contributed by atoms with Crippen molar-refractivity contribution in [3.05, 3.63) is 69.5 Å². The number of hydrogen-bond acceptors (Lipinski definition) is 3. The number of likely N-dealkylation sites (tertiary alicyclic amines) is 1. The smallest absolute Gasteiger partial charge is 0.226 e. The van der Waals surface area contributed by atoms with Gasteiger partial charge in [-0.3, -0.25) is 9.89 Å². The highest BCUT2D eigenvalue weighted by atomic mass is 35.5. The third kappa shape index (κ3) is 4.56. The molecule has 1 aliphatic carbocycles. The van der Waals surface area contributed by atoms with Crippen LogP contribution in [0.4, 0.5) is 0 Å². The zero-order chi connectivity index (χ0) is 23.8. The zero-order valence-corrected chi connectivity index (χ0v) is 21.0. The van der Waals surface area contributed by atoms with E-state index < -0.39 is 0 Å². The minimum Gasteiger partial charge on any atom is -0.491 e. The van der Waals surface area contributed by atoms with E-state index in [2.05, 4.69) is 10.2 Å². The minimum atomic E-state index is -0.106. The number of halogens is 2. The SMILES string of the molecule is CC(C)Oc1ccc(-c2cc(Cl)c(C[C@@H]3CCN([C@@H]4CCCc5[nH]ncc54)C3=O)c(Cl)c2)cc1. The number of carbonyl (C=O) groups excluding carboxylic acids is 1. The Kier molecular flexibility index (Phi) is 6.59. The lowest BCUT2D eigenvalue weighted by atomic mass is 9.91. The number of carbonyl (C=O) groups is 1. The molecule has 2 aliphatic rings. The van der Waals surface area contributed by atoms with E-state index in [-0.39, 0.29) is 24.0 Å². The lowest BCUT2D eigenvalue weighted by Gasteiger charge is -2.31. The molecule has 0 unspecified atom stereocenters. The maximum atomic E-state index is 13.4. The van der Waals surface area contributed by atoms with Crippen molar-refractivity contribution in [1.82, 2.24) is 15.1 Å². The van der Waals surface area contributed by atoms with Gasteiger partial charge in [0, 0.05) is 33.8 Å². The summed E-state index contributed by atoms with van der Waals surface area (Å²) in [4.78, 5) is 15.4. The van der Waals surface area contributed by atoms with E-state index in [9.17, 15) is 4.79 Å². The summed E-state index contributed by atoms with van der Waals surface area (Å²) in [7, 11) is 0. The molecule has 5 rings (SSSR count). The van der Waals surface area contributed by atoms with Crippen LogP contribution in [0.1, 0.15) is 56.0 Å². The van der Waals surface area contributed by atoms with E-state index in [1.54, 1.807) is 0 Å². The second-order valence-electron chi connectivity index (χ2n) is 9.54.